The monoisotopic (exact) mass is 602 g/mol. The predicted molar refractivity (Wildman–Crippen MR) is 192 cm³/mol. The van der Waals surface area contributed by atoms with Gasteiger partial charge in [0.05, 0.1) is 16.4 Å². The zero-order valence-corrected chi connectivity index (χ0v) is 25.2. The highest BCUT2D eigenvalue weighted by Crippen LogP contribution is 2.39. The van der Waals surface area contributed by atoms with Gasteiger partial charge in [-0.1, -0.05) is 91.0 Å². The number of fused-ring (bicyclic) bond motifs is 8. The van der Waals surface area contributed by atoms with Gasteiger partial charge in [0.2, 0.25) is 5.89 Å². The van der Waals surface area contributed by atoms with Crippen LogP contribution in [0, 0.1) is 0 Å². The summed E-state index contributed by atoms with van der Waals surface area (Å²) >= 11 is 0. The molecule has 0 aliphatic rings. The fraction of sp³-hybridized carbons (Fsp3) is 0. The maximum Gasteiger partial charge on any atom is 0.227 e. The van der Waals surface area contributed by atoms with Gasteiger partial charge in [-0.2, -0.15) is 0 Å². The van der Waals surface area contributed by atoms with Crippen molar-refractivity contribution in [3.8, 4) is 39.4 Å². The van der Waals surface area contributed by atoms with E-state index in [1.165, 1.54) is 33.0 Å². The van der Waals surface area contributed by atoms with Gasteiger partial charge >= 0.3 is 0 Å². The second kappa shape index (κ2) is 10.1. The van der Waals surface area contributed by atoms with Crippen LogP contribution >= 0.6 is 0 Å². The molecule has 0 aliphatic heterocycles. The lowest BCUT2D eigenvalue weighted by Gasteiger charge is -2.09. The van der Waals surface area contributed by atoms with Crippen LogP contribution in [-0.4, -0.2) is 9.55 Å². The number of rotatable bonds is 4. The summed E-state index contributed by atoms with van der Waals surface area (Å²) in [6.45, 7) is 0. The molecule has 7 aromatic carbocycles. The van der Waals surface area contributed by atoms with Crippen LogP contribution in [0.3, 0.4) is 0 Å². The maximum absolute atomic E-state index is 6.44. The molecule has 10 rings (SSSR count). The Morgan fingerprint density at radius 3 is 1.68 bits per heavy atom. The molecule has 0 atom stereocenters. The third-order valence-electron chi connectivity index (χ3n) is 9.25. The molecule has 0 bridgehead atoms. The first kappa shape index (κ1) is 25.9. The molecule has 4 nitrogen and oxygen atoms in total. The van der Waals surface area contributed by atoms with Crippen molar-refractivity contribution >= 4 is 54.8 Å². The van der Waals surface area contributed by atoms with Crippen molar-refractivity contribution < 1.29 is 8.83 Å². The van der Waals surface area contributed by atoms with Crippen molar-refractivity contribution in [2.24, 2.45) is 0 Å². The fourth-order valence-electron chi connectivity index (χ4n) is 6.99. The lowest BCUT2D eigenvalue weighted by atomic mass is 10.0. The standard InChI is InChI=1S/C43H26N2O2/c1-3-9-27(10-4-1)30-17-22-37-34(25-30)35-26-31(28-11-5-2-6-12-28)18-23-38(35)45(37)32-19-15-29(16-20-32)43-44-36-21-24-40-41(42(36)47-43)33-13-7-8-14-39(33)46-40/h1-26H. The van der Waals surface area contributed by atoms with E-state index < -0.39 is 0 Å². The lowest BCUT2D eigenvalue weighted by molar-refractivity contribution is 0.622. The van der Waals surface area contributed by atoms with E-state index in [1.54, 1.807) is 0 Å². The summed E-state index contributed by atoms with van der Waals surface area (Å²) < 4.78 is 14.9. The lowest BCUT2D eigenvalue weighted by Crippen LogP contribution is -1.94. The summed E-state index contributed by atoms with van der Waals surface area (Å²) in [5.41, 5.74) is 12.3. The van der Waals surface area contributed by atoms with Crippen LogP contribution in [0.15, 0.2) is 167 Å². The van der Waals surface area contributed by atoms with E-state index in [0.29, 0.717) is 5.89 Å². The van der Waals surface area contributed by atoms with Gasteiger partial charge in [0.1, 0.15) is 16.7 Å². The number of hydrogen-bond acceptors (Lipinski definition) is 3. The fourth-order valence-corrected chi connectivity index (χ4v) is 6.99. The Balaban J connectivity index is 1.12. The number of oxazole rings is 1. The molecule has 0 N–H and O–H groups in total. The highest BCUT2D eigenvalue weighted by molar-refractivity contribution is 6.16. The summed E-state index contributed by atoms with van der Waals surface area (Å²) in [5.74, 6) is 0.589. The van der Waals surface area contributed by atoms with E-state index in [0.717, 1.165) is 55.3 Å². The van der Waals surface area contributed by atoms with Crippen molar-refractivity contribution in [1.82, 2.24) is 9.55 Å². The SMILES string of the molecule is c1ccc(-c2ccc3c(c2)c2cc(-c4ccccc4)ccc2n3-c2ccc(-c3nc4ccc5oc6ccccc6c5c4o3)cc2)cc1. The van der Waals surface area contributed by atoms with E-state index in [2.05, 4.69) is 132 Å². The predicted octanol–water partition coefficient (Wildman–Crippen LogP) is 11.8. The average Bonchev–Trinajstić information content (AvgIpc) is 3.83. The number of aromatic nitrogens is 2. The molecule has 0 amide bonds. The molecule has 47 heavy (non-hydrogen) atoms. The molecule has 0 fully saturated rings. The van der Waals surface area contributed by atoms with Gasteiger partial charge in [0, 0.05) is 27.4 Å². The molecule has 0 saturated carbocycles. The highest BCUT2D eigenvalue weighted by atomic mass is 16.4. The summed E-state index contributed by atoms with van der Waals surface area (Å²) in [5, 5.41) is 4.43. The van der Waals surface area contributed by atoms with Gasteiger partial charge in [0.15, 0.2) is 5.58 Å². The zero-order valence-electron chi connectivity index (χ0n) is 25.2. The molecule has 0 spiro atoms. The van der Waals surface area contributed by atoms with E-state index in [9.17, 15) is 0 Å². The number of hydrogen-bond donors (Lipinski definition) is 0. The summed E-state index contributed by atoms with van der Waals surface area (Å²) in [6.07, 6.45) is 0. The second-order valence-electron chi connectivity index (χ2n) is 12.0. The Morgan fingerprint density at radius 2 is 1.02 bits per heavy atom. The van der Waals surface area contributed by atoms with E-state index in [-0.39, 0.29) is 0 Å². The maximum atomic E-state index is 6.44. The van der Waals surface area contributed by atoms with E-state index in [4.69, 9.17) is 13.8 Å². The molecule has 10 aromatic rings. The number of benzene rings is 7. The van der Waals surface area contributed by atoms with Crippen molar-refractivity contribution in [3.05, 3.63) is 158 Å². The third kappa shape index (κ3) is 4.05. The molecular weight excluding hydrogens is 576 g/mol. The Morgan fingerprint density at radius 1 is 0.426 bits per heavy atom. The van der Waals surface area contributed by atoms with Crippen LogP contribution < -0.4 is 0 Å². The van der Waals surface area contributed by atoms with Crippen molar-refractivity contribution in [2.75, 3.05) is 0 Å². The van der Waals surface area contributed by atoms with Crippen LogP contribution in [0.5, 0.6) is 0 Å². The van der Waals surface area contributed by atoms with Crippen LogP contribution in [0.2, 0.25) is 0 Å². The van der Waals surface area contributed by atoms with Crippen LogP contribution in [0.4, 0.5) is 0 Å². The minimum Gasteiger partial charge on any atom is -0.456 e. The van der Waals surface area contributed by atoms with Gasteiger partial charge in [-0.3, -0.25) is 0 Å². The van der Waals surface area contributed by atoms with Crippen LogP contribution in [-0.2, 0) is 0 Å². The Bertz CT molecular complexity index is 2670. The summed E-state index contributed by atoms with van der Waals surface area (Å²) in [6, 6.07) is 55.2. The Labute approximate surface area is 269 Å². The van der Waals surface area contributed by atoms with E-state index in [1.807, 2.05) is 30.3 Å². The van der Waals surface area contributed by atoms with Gasteiger partial charge < -0.3 is 13.4 Å². The van der Waals surface area contributed by atoms with Gasteiger partial charge in [0.25, 0.3) is 0 Å². The molecule has 0 radical (unpaired) electrons. The smallest absolute Gasteiger partial charge is 0.227 e. The summed E-state index contributed by atoms with van der Waals surface area (Å²) in [7, 11) is 0. The Hall–Kier alpha value is -6.39. The first-order chi connectivity index (χ1) is 23.3. The van der Waals surface area contributed by atoms with Crippen LogP contribution in [0.1, 0.15) is 0 Å². The Kier molecular flexibility index (Phi) is 5.54. The average molecular weight is 603 g/mol. The second-order valence-corrected chi connectivity index (χ2v) is 12.0. The number of para-hydroxylation sites is 1. The van der Waals surface area contributed by atoms with Crippen molar-refractivity contribution in [1.29, 1.82) is 0 Å². The van der Waals surface area contributed by atoms with Crippen LogP contribution in [0.25, 0.3) is 94.2 Å². The van der Waals surface area contributed by atoms with Crippen molar-refractivity contribution in [3.63, 3.8) is 0 Å². The highest BCUT2D eigenvalue weighted by Gasteiger charge is 2.18. The molecular formula is C43H26N2O2. The van der Waals surface area contributed by atoms with E-state index >= 15 is 0 Å². The molecule has 220 valence electrons. The zero-order chi connectivity index (χ0) is 30.9. The number of nitrogens with zero attached hydrogens (tertiary/aromatic N) is 2. The molecule has 0 saturated heterocycles. The third-order valence-corrected chi connectivity index (χ3v) is 9.25. The van der Waals surface area contributed by atoms with Gasteiger partial charge in [-0.05, 0) is 89.0 Å². The quantitative estimate of drug-likeness (QED) is 0.201. The molecule has 4 heteroatoms. The minimum absolute atomic E-state index is 0.589. The summed E-state index contributed by atoms with van der Waals surface area (Å²) in [4.78, 5) is 4.87. The molecule has 3 aromatic heterocycles. The number of furan rings is 1. The van der Waals surface area contributed by atoms with Crippen molar-refractivity contribution in [2.45, 2.75) is 0 Å². The van der Waals surface area contributed by atoms with Gasteiger partial charge in [-0.25, -0.2) is 4.98 Å². The normalized spacial score (nSPS) is 11.8. The van der Waals surface area contributed by atoms with Gasteiger partial charge in [-0.15, -0.1) is 0 Å². The first-order valence-corrected chi connectivity index (χ1v) is 15.8. The molecule has 3 heterocycles. The topological polar surface area (TPSA) is 44.1 Å². The largest absolute Gasteiger partial charge is 0.456 e. The molecule has 0 aliphatic carbocycles. The first-order valence-electron chi connectivity index (χ1n) is 15.8. The molecule has 0 unspecified atom stereocenters. The minimum atomic E-state index is 0.589.